The van der Waals surface area contributed by atoms with Crippen molar-refractivity contribution >= 4 is 11.6 Å². The van der Waals surface area contributed by atoms with Crippen LogP contribution >= 0.6 is 0 Å². The zero-order valence-electron chi connectivity index (χ0n) is 11.7. The molecule has 0 saturated carbocycles. The molecule has 0 radical (unpaired) electrons. The quantitative estimate of drug-likeness (QED) is 0.731. The summed E-state index contributed by atoms with van der Waals surface area (Å²) in [5, 5.41) is 2.87. The molecule has 106 valence electrons. The zero-order valence-corrected chi connectivity index (χ0v) is 11.7. The molecule has 0 aliphatic carbocycles. The Balaban J connectivity index is 2.45. The highest BCUT2D eigenvalue weighted by atomic mass is 16.5. The molecule has 0 aromatic heterocycles. The number of anilines is 1. The van der Waals surface area contributed by atoms with Gasteiger partial charge in [0.15, 0.2) is 0 Å². The lowest BCUT2D eigenvalue weighted by molar-refractivity contribution is -0.117. The summed E-state index contributed by atoms with van der Waals surface area (Å²) in [6.07, 6.45) is 0. The van der Waals surface area contributed by atoms with Crippen LogP contribution in [0, 0.1) is 6.92 Å². The van der Waals surface area contributed by atoms with Crippen LogP contribution in [-0.4, -0.2) is 50.7 Å². The summed E-state index contributed by atoms with van der Waals surface area (Å²) in [7, 11) is 1.65. The number of aryl methyl sites for hydroxylation is 1. The van der Waals surface area contributed by atoms with Crippen molar-refractivity contribution in [3.8, 4) is 0 Å². The molecule has 0 unspecified atom stereocenters. The third kappa shape index (κ3) is 6.33. The Bertz CT molecular complexity index is 379. The maximum atomic E-state index is 11.9. The molecule has 0 aliphatic rings. The smallest absolute Gasteiger partial charge is 0.238 e. The summed E-state index contributed by atoms with van der Waals surface area (Å²) in [5.74, 6) is -0.0339. The van der Waals surface area contributed by atoms with E-state index in [9.17, 15) is 4.79 Å². The van der Waals surface area contributed by atoms with E-state index in [1.54, 1.807) is 7.11 Å². The molecule has 0 heterocycles. The summed E-state index contributed by atoms with van der Waals surface area (Å²) < 4.78 is 5.02. The average molecular weight is 265 g/mol. The van der Waals surface area contributed by atoms with Gasteiger partial charge in [0.25, 0.3) is 0 Å². The molecule has 1 rings (SSSR count). The van der Waals surface area contributed by atoms with E-state index >= 15 is 0 Å². The summed E-state index contributed by atoms with van der Waals surface area (Å²) in [6.45, 7) is 4.85. The lowest BCUT2D eigenvalue weighted by Crippen LogP contribution is -2.38. The number of methoxy groups -OCH3 is 1. The summed E-state index contributed by atoms with van der Waals surface area (Å²) in [4.78, 5) is 13.9. The van der Waals surface area contributed by atoms with Crippen molar-refractivity contribution in [3.63, 3.8) is 0 Å². The number of nitrogens with two attached hydrogens (primary N) is 1. The second-order valence-electron chi connectivity index (χ2n) is 4.47. The number of hydrogen-bond acceptors (Lipinski definition) is 4. The molecular formula is C14H23N3O2. The molecule has 1 amide bonds. The third-order valence-electron chi connectivity index (χ3n) is 2.76. The molecule has 0 fully saturated rings. The van der Waals surface area contributed by atoms with E-state index < -0.39 is 0 Å². The van der Waals surface area contributed by atoms with Crippen LogP contribution in [0.1, 0.15) is 5.56 Å². The first-order valence-electron chi connectivity index (χ1n) is 6.43. The van der Waals surface area contributed by atoms with Gasteiger partial charge in [-0.3, -0.25) is 9.69 Å². The minimum absolute atomic E-state index is 0.0339. The van der Waals surface area contributed by atoms with Crippen molar-refractivity contribution in [1.29, 1.82) is 0 Å². The van der Waals surface area contributed by atoms with Gasteiger partial charge in [-0.15, -0.1) is 0 Å². The van der Waals surface area contributed by atoms with Crippen LogP contribution in [0.2, 0.25) is 0 Å². The van der Waals surface area contributed by atoms with Gasteiger partial charge in [0.1, 0.15) is 0 Å². The number of carbonyl (C=O) groups excluding carboxylic acids is 1. The number of benzene rings is 1. The molecule has 1 aromatic carbocycles. The highest BCUT2D eigenvalue weighted by Crippen LogP contribution is 2.08. The molecule has 5 nitrogen and oxygen atoms in total. The molecule has 5 heteroatoms. The zero-order chi connectivity index (χ0) is 14.1. The normalized spacial score (nSPS) is 10.7. The van der Waals surface area contributed by atoms with E-state index in [0.717, 1.165) is 5.69 Å². The first-order valence-corrected chi connectivity index (χ1v) is 6.43. The Morgan fingerprint density at radius 3 is 2.58 bits per heavy atom. The number of ether oxygens (including phenoxy) is 1. The van der Waals surface area contributed by atoms with Crippen molar-refractivity contribution in [3.05, 3.63) is 29.8 Å². The summed E-state index contributed by atoms with van der Waals surface area (Å²) in [6, 6.07) is 7.74. The molecule has 3 N–H and O–H groups in total. The van der Waals surface area contributed by atoms with Crippen LogP contribution in [0.5, 0.6) is 0 Å². The van der Waals surface area contributed by atoms with Crippen molar-refractivity contribution < 1.29 is 9.53 Å². The Labute approximate surface area is 114 Å². The van der Waals surface area contributed by atoms with Crippen molar-refractivity contribution in [2.75, 3.05) is 45.2 Å². The number of hydrogen-bond donors (Lipinski definition) is 2. The van der Waals surface area contributed by atoms with E-state index in [-0.39, 0.29) is 5.91 Å². The van der Waals surface area contributed by atoms with Gasteiger partial charge in [-0.25, -0.2) is 0 Å². The average Bonchev–Trinajstić information content (AvgIpc) is 2.39. The standard InChI is InChI=1S/C14H23N3O2/c1-12-3-5-13(6-4-12)16-14(18)11-17(8-7-15)9-10-19-2/h3-6H,7-11,15H2,1-2H3,(H,16,18). The number of carbonyl (C=O) groups is 1. The fraction of sp³-hybridized carbons (Fsp3) is 0.500. The predicted octanol–water partition coefficient (Wildman–Crippen LogP) is 0.841. The van der Waals surface area contributed by atoms with Gasteiger partial charge in [-0.2, -0.15) is 0 Å². The monoisotopic (exact) mass is 265 g/mol. The van der Waals surface area contributed by atoms with Gasteiger partial charge < -0.3 is 15.8 Å². The van der Waals surface area contributed by atoms with Crippen LogP contribution in [-0.2, 0) is 9.53 Å². The lowest BCUT2D eigenvalue weighted by atomic mass is 10.2. The van der Waals surface area contributed by atoms with E-state index in [2.05, 4.69) is 5.32 Å². The van der Waals surface area contributed by atoms with E-state index in [1.165, 1.54) is 5.56 Å². The maximum absolute atomic E-state index is 11.9. The van der Waals surface area contributed by atoms with E-state index in [1.807, 2.05) is 36.1 Å². The van der Waals surface area contributed by atoms with Crippen LogP contribution in [0.15, 0.2) is 24.3 Å². The highest BCUT2D eigenvalue weighted by molar-refractivity contribution is 5.92. The molecule has 0 saturated heterocycles. The van der Waals surface area contributed by atoms with Gasteiger partial charge >= 0.3 is 0 Å². The second-order valence-corrected chi connectivity index (χ2v) is 4.47. The molecule has 0 aliphatic heterocycles. The maximum Gasteiger partial charge on any atom is 0.238 e. The Kier molecular flexibility index (Phi) is 7.10. The van der Waals surface area contributed by atoms with Crippen molar-refractivity contribution in [2.24, 2.45) is 5.73 Å². The first-order chi connectivity index (χ1) is 9.15. The Morgan fingerprint density at radius 2 is 2.00 bits per heavy atom. The Morgan fingerprint density at radius 1 is 1.32 bits per heavy atom. The summed E-state index contributed by atoms with van der Waals surface area (Å²) >= 11 is 0. The van der Waals surface area contributed by atoms with Gasteiger partial charge in [0.2, 0.25) is 5.91 Å². The molecule has 1 aromatic rings. The minimum atomic E-state index is -0.0339. The molecular weight excluding hydrogens is 242 g/mol. The van der Waals surface area contributed by atoms with Crippen LogP contribution in [0.25, 0.3) is 0 Å². The van der Waals surface area contributed by atoms with Gasteiger partial charge in [0.05, 0.1) is 13.2 Å². The van der Waals surface area contributed by atoms with Crippen LogP contribution in [0.3, 0.4) is 0 Å². The predicted molar refractivity (Wildman–Crippen MR) is 77.2 cm³/mol. The minimum Gasteiger partial charge on any atom is -0.383 e. The Hall–Kier alpha value is -1.43. The number of nitrogens with one attached hydrogen (secondary N) is 1. The van der Waals surface area contributed by atoms with Crippen LogP contribution < -0.4 is 11.1 Å². The van der Waals surface area contributed by atoms with E-state index in [0.29, 0.717) is 32.8 Å². The lowest BCUT2D eigenvalue weighted by Gasteiger charge is -2.20. The number of rotatable bonds is 8. The van der Waals surface area contributed by atoms with Gasteiger partial charge in [-0.05, 0) is 19.1 Å². The number of nitrogens with zero attached hydrogens (tertiary/aromatic N) is 1. The SMILES string of the molecule is COCCN(CCN)CC(=O)Nc1ccc(C)cc1. The topological polar surface area (TPSA) is 67.6 Å². The van der Waals surface area contributed by atoms with Crippen LogP contribution in [0.4, 0.5) is 5.69 Å². The largest absolute Gasteiger partial charge is 0.383 e. The highest BCUT2D eigenvalue weighted by Gasteiger charge is 2.09. The fourth-order valence-electron chi connectivity index (χ4n) is 1.71. The first kappa shape index (κ1) is 15.6. The van der Waals surface area contributed by atoms with Crippen molar-refractivity contribution in [1.82, 2.24) is 4.90 Å². The van der Waals surface area contributed by atoms with Crippen molar-refractivity contribution in [2.45, 2.75) is 6.92 Å². The van der Waals surface area contributed by atoms with Gasteiger partial charge in [-0.1, -0.05) is 17.7 Å². The third-order valence-corrected chi connectivity index (χ3v) is 2.76. The molecule has 0 atom stereocenters. The molecule has 0 spiro atoms. The van der Waals surface area contributed by atoms with E-state index in [4.69, 9.17) is 10.5 Å². The molecule has 19 heavy (non-hydrogen) atoms. The number of amides is 1. The fourth-order valence-corrected chi connectivity index (χ4v) is 1.71. The second kappa shape index (κ2) is 8.63. The summed E-state index contributed by atoms with van der Waals surface area (Å²) in [5.41, 5.74) is 7.52. The van der Waals surface area contributed by atoms with Gasteiger partial charge in [0, 0.05) is 32.4 Å². The molecule has 0 bridgehead atoms.